The van der Waals surface area contributed by atoms with Crippen LogP contribution in [0.4, 0.5) is 5.69 Å². The third-order valence-corrected chi connectivity index (χ3v) is 3.94. The van der Waals surface area contributed by atoms with E-state index in [1.54, 1.807) is 7.11 Å². The van der Waals surface area contributed by atoms with Gasteiger partial charge in [-0.25, -0.2) is 0 Å². The fourth-order valence-corrected chi connectivity index (χ4v) is 2.75. The van der Waals surface area contributed by atoms with Crippen molar-refractivity contribution in [2.75, 3.05) is 12.4 Å². The van der Waals surface area contributed by atoms with Gasteiger partial charge >= 0.3 is 0 Å². The summed E-state index contributed by atoms with van der Waals surface area (Å²) in [5, 5.41) is 10.7. The van der Waals surface area contributed by atoms with Gasteiger partial charge in [-0.05, 0) is 73.6 Å². The molecule has 0 atom stereocenters. The van der Waals surface area contributed by atoms with Crippen molar-refractivity contribution in [1.29, 1.82) is 0 Å². The van der Waals surface area contributed by atoms with Gasteiger partial charge in [-0.1, -0.05) is 11.2 Å². The molecule has 3 rings (SSSR count). The monoisotopic (exact) mass is 368 g/mol. The number of aryl methyl sites for hydroxylation is 2. The maximum absolute atomic E-state index is 5.32. The lowest BCUT2D eigenvalue weighted by Gasteiger charge is -2.10. The van der Waals surface area contributed by atoms with Crippen LogP contribution in [0.3, 0.4) is 0 Å². The maximum Gasteiger partial charge on any atom is 0.246 e. The zero-order valence-corrected chi connectivity index (χ0v) is 15.7. The smallest absolute Gasteiger partial charge is 0.246 e. The predicted octanol–water partition coefficient (Wildman–Crippen LogP) is 3.85. The highest BCUT2D eigenvalue weighted by molar-refractivity contribution is 7.80. The van der Waals surface area contributed by atoms with Crippen LogP contribution in [0.5, 0.6) is 5.75 Å². The average molecular weight is 368 g/mol. The number of benzene rings is 2. The zero-order valence-electron chi connectivity index (χ0n) is 14.9. The highest BCUT2D eigenvalue weighted by atomic mass is 32.1. The van der Waals surface area contributed by atoms with Gasteiger partial charge in [0.1, 0.15) is 5.75 Å². The van der Waals surface area contributed by atoms with Gasteiger partial charge in [0.05, 0.1) is 13.7 Å². The molecule has 6 nitrogen and oxygen atoms in total. The molecule has 0 aliphatic carbocycles. The second kappa shape index (κ2) is 7.97. The van der Waals surface area contributed by atoms with Crippen molar-refractivity contribution >= 4 is 23.0 Å². The number of hydrogen-bond acceptors (Lipinski definition) is 5. The number of ether oxygens (including phenoxy) is 1. The number of rotatable bonds is 5. The highest BCUT2D eigenvalue weighted by Crippen LogP contribution is 2.19. The Kier molecular flexibility index (Phi) is 5.48. The molecule has 2 N–H and O–H groups in total. The summed E-state index contributed by atoms with van der Waals surface area (Å²) in [5.74, 6) is 1.76. The number of aromatic nitrogens is 2. The van der Waals surface area contributed by atoms with Crippen LogP contribution in [-0.2, 0) is 6.54 Å². The number of methoxy groups -OCH3 is 1. The SMILES string of the molecule is COc1ccc(-c2noc(CNC(=S)Nc3cc(C)cc(C)c3)n2)cc1. The van der Waals surface area contributed by atoms with E-state index in [0.717, 1.165) is 17.0 Å². The summed E-state index contributed by atoms with van der Waals surface area (Å²) >= 11 is 5.32. The summed E-state index contributed by atoms with van der Waals surface area (Å²) in [6.45, 7) is 4.45. The van der Waals surface area contributed by atoms with Crippen molar-refractivity contribution in [3.63, 3.8) is 0 Å². The largest absolute Gasteiger partial charge is 0.497 e. The molecule has 0 aliphatic heterocycles. The Morgan fingerprint density at radius 1 is 1.12 bits per heavy atom. The van der Waals surface area contributed by atoms with Gasteiger partial charge in [-0.15, -0.1) is 0 Å². The molecule has 26 heavy (non-hydrogen) atoms. The molecule has 134 valence electrons. The lowest BCUT2D eigenvalue weighted by atomic mass is 10.1. The predicted molar refractivity (Wildman–Crippen MR) is 105 cm³/mol. The summed E-state index contributed by atoms with van der Waals surface area (Å²) < 4.78 is 10.4. The Morgan fingerprint density at radius 3 is 2.46 bits per heavy atom. The molecule has 2 aromatic carbocycles. The van der Waals surface area contributed by atoms with E-state index in [1.807, 2.05) is 50.2 Å². The molecular formula is C19H20N4O2S. The van der Waals surface area contributed by atoms with Gasteiger partial charge in [0, 0.05) is 11.3 Å². The Balaban J connectivity index is 1.57. The molecule has 0 saturated heterocycles. The van der Waals surface area contributed by atoms with Crippen molar-refractivity contribution in [2.45, 2.75) is 20.4 Å². The van der Waals surface area contributed by atoms with E-state index in [2.05, 4.69) is 26.8 Å². The Morgan fingerprint density at radius 2 is 1.81 bits per heavy atom. The van der Waals surface area contributed by atoms with Crippen LogP contribution in [0, 0.1) is 13.8 Å². The van der Waals surface area contributed by atoms with E-state index in [1.165, 1.54) is 11.1 Å². The first kappa shape index (κ1) is 17.9. The molecule has 7 heteroatoms. The molecule has 1 heterocycles. The lowest BCUT2D eigenvalue weighted by Crippen LogP contribution is -2.28. The van der Waals surface area contributed by atoms with Crippen LogP contribution in [-0.4, -0.2) is 22.4 Å². The summed E-state index contributed by atoms with van der Waals surface area (Å²) in [5.41, 5.74) is 4.16. The van der Waals surface area contributed by atoms with Crippen LogP contribution in [0.15, 0.2) is 47.0 Å². The normalized spacial score (nSPS) is 10.4. The third-order valence-electron chi connectivity index (χ3n) is 3.70. The minimum Gasteiger partial charge on any atom is -0.497 e. The summed E-state index contributed by atoms with van der Waals surface area (Å²) in [6.07, 6.45) is 0. The second-order valence-corrected chi connectivity index (χ2v) is 6.33. The molecule has 3 aromatic rings. The number of thiocarbonyl (C=S) groups is 1. The molecule has 0 saturated carbocycles. The van der Waals surface area contributed by atoms with E-state index in [4.69, 9.17) is 21.5 Å². The van der Waals surface area contributed by atoms with Gasteiger partial charge < -0.3 is 19.9 Å². The van der Waals surface area contributed by atoms with Gasteiger partial charge in [-0.3, -0.25) is 0 Å². The first-order valence-electron chi connectivity index (χ1n) is 8.13. The van der Waals surface area contributed by atoms with Crippen LogP contribution in [0.2, 0.25) is 0 Å². The second-order valence-electron chi connectivity index (χ2n) is 5.92. The fraction of sp³-hybridized carbons (Fsp3) is 0.211. The maximum atomic E-state index is 5.32. The van der Waals surface area contributed by atoms with E-state index in [-0.39, 0.29) is 0 Å². The van der Waals surface area contributed by atoms with Crippen molar-refractivity contribution in [3.05, 3.63) is 59.5 Å². The minimum absolute atomic E-state index is 0.347. The molecular weight excluding hydrogens is 348 g/mol. The van der Waals surface area contributed by atoms with E-state index >= 15 is 0 Å². The van der Waals surface area contributed by atoms with Crippen LogP contribution < -0.4 is 15.4 Å². The topological polar surface area (TPSA) is 72.2 Å². The summed E-state index contributed by atoms with van der Waals surface area (Å²) in [6, 6.07) is 13.7. The number of hydrogen-bond donors (Lipinski definition) is 2. The molecule has 0 amide bonds. The van der Waals surface area contributed by atoms with Crippen molar-refractivity contribution in [1.82, 2.24) is 15.5 Å². The fourth-order valence-electron chi connectivity index (χ4n) is 2.56. The van der Waals surface area contributed by atoms with Crippen LogP contribution in [0.1, 0.15) is 17.0 Å². The Hall–Kier alpha value is -2.93. The van der Waals surface area contributed by atoms with E-state index < -0.39 is 0 Å². The molecule has 0 fully saturated rings. The van der Waals surface area contributed by atoms with Crippen molar-refractivity contribution in [3.8, 4) is 17.1 Å². The van der Waals surface area contributed by atoms with E-state index in [9.17, 15) is 0 Å². The van der Waals surface area contributed by atoms with Gasteiger partial charge in [-0.2, -0.15) is 4.98 Å². The van der Waals surface area contributed by atoms with Crippen LogP contribution in [0.25, 0.3) is 11.4 Å². The molecule has 0 unspecified atom stereocenters. The minimum atomic E-state index is 0.347. The first-order valence-corrected chi connectivity index (χ1v) is 8.54. The summed E-state index contributed by atoms with van der Waals surface area (Å²) in [4.78, 5) is 4.37. The molecule has 0 aliphatic rings. The lowest BCUT2D eigenvalue weighted by molar-refractivity contribution is 0.376. The standard InChI is InChI=1S/C19H20N4O2S/c1-12-8-13(2)10-15(9-12)21-19(26)20-11-17-22-18(23-25-17)14-4-6-16(24-3)7-5-14/h4-10H,11H2,1-3H3,(H2,20,21,26). The van der Waals surface area contributed by atoms with Gasteiger partial charge in [0.15, 0.2) is 5.11 Å². The molecule has 0 spiro atoms. The number of anilines is 1. The molecule has 1 aromatic heterocycles. The third kappa shape index (κ3) is 4.58. The van der Waals surface area contributed by atoms with Gasteiger partial charge in [0.2, 0.25) is 11.7 Å². The quantitative estimate of drug-likeness (QED) is 0.663. The Bertz CT molecular complexity index is 886. The van der Waals surface area contributed by atoms with Crippen molar-refractivity contribution < 1.29 is 9.26 Å². The van der Waals surface area contributed by atoms with E-state index in [0.29, 0.717) is 23.4 Å². The summed E-state index contributed by atoms with van der Waals surface area (Å²) in [7, 11) is 1.63. The van der Waals surface area contributed by atoms with Crippen LogP contribution >= 0.6 is 12.2 Å². The Labute approximate surface area is 157 Å². The molecule has 0 bridgehead atoms. The van der Waals surface area contributed by atoms with Gasteiger partial charge in [0.25, 0.3) is 0 Å². The molecule has 0 radical (unpaired) electrons. The van der Waals surface area contributed by atoms with Crippen molar-refractivity contribution in [2.24, 2.45) is 0 Å². The first-order chi connectivity index (χ1) is 12.5. The number of nitrogens with one attached hydrogen (secondary N) is 2. The zero-order chi connectivity index (χ0) is 18.5. The average Bonchev–Trinajstić information content (AvgIpc) is 3.08. The number of nitrogens with zero attached hydrogens (tertiary/aromatic N) is 2. The highest BCUT2D eigenvalue weighted by Gasteiger charge is 2.09.